The molecular formula is C44H33N5. The van der Waals surface area contributed by atoms with E-state index in [0.717, 1.165) is 49.4 Å². The number of nitrogens with zero attached hydrogens (tertiary/aromatic N) is 5. The van der Waals surface area contributed by atoms with Crippen molar-refractivity contribution in [3.8, 4) is 39.3 Å². The summed E-state index contributed by atoms with van der Waals surface area (Å²) in [5, 5.41) is 14.6. The highest BCUT2D eigenvalue weighted by molar-refractivity contribution is 6.19. The quantitative estimate of drug-likeness (QED) is 0.177. The molecule has 1 aliphatic carbocycles. The summed E-state index contributed by atoms with van der Waals surface area (Å²) in [6.45, 7) is 10.6. The van der Waals surface area contributed by atoms with Crippen LogP contribution in [0.15, 0.2) is 137 Å². The lowest BCUT2D eigenvalue weighted by atomic mass is 9.82. The Morgan fingerprint density at radius 3 is 2.12 bits per heavy atom. The lowest BCUT2D eigenvalue weighted by Crippen LogP contribution is -2.14. The van der Waals surface area contributed by atoms with Gasteiger partial charge >= 0.3 is 0 Å². The zero-order valence-electron chi connectivity index (χ0n) is 27.6. The molecule has 49 heavy (non-hydrogen) atoms. The summed E-state index contributed by atoms with van der Waals surface area (Å²) in [5.41, 5.74) is 12.0. The maximum atomic E-state index is 5.04. The Hall–Kier alpha value is -6.20. The van der Waals surface area contributed by atoms with Crippen LogP contribution < -0.4 is 0 Å². The molecule has 0 amide bonds. The molecule has 6 aromatic carbocycles. The zero-order valence-corrected chi connectivity index (χ0v) is 27.6. The molecule has 9 rings (SSSR count). The van der Waals surface area contributed by atoms with Crippen LogP contribution in [0.5, 0.6) is 0 Å². The maximum absolute atomic E-state index is 5.04. The summed E-state index contributed by atoms with van der Waals surface area (Å²) in [5.74, 6) is 0.609. The van der Waals surface area contributed by atoms with Gasteiger partial charge in [-0.3, -0.25) is 14.6 Å². The highest BCUT2D eigenvalue weighted by Gasteiger charge is 2.37. The Balaban J connectivity index is 1.38. The average Bonchev–Trinajstić information content (AvgIpc) is 3.59. The van der Waals surface area contributed by atoms with Crippen molar-refractivity contribution in [1.82, 2.24) is 14.8 Å². The number of fused-ring (bicyclic) bond motifs is 7. The molecule has 1 aliphatic rings. The minimum Gasteiger partial charge on any atom is -0.290 e. The van der Waals surface area contributed by atoms with E-state index in [1.54, 1.807) is 6.21 Å². The van der Waals surface area contributed by atoms with Crippen molar-refractivity contribution in [2.75, 3.05) is 0 Å². The number of hydrogen-bond acceptors (Lipinski definition) is 4. The lowest BCUT2D eigenvalue weighted by Gasteiger charge is -2.21. The van der Waals surface area contributed by atoms with E-state index >= 15 is 0 Å². The maximum Gasteiger partial charge on any atom is 0.188 e. The van der Waals surface area contributed by atoms with Crippen molar-refractivity contribution >= 4 is 56.9 Å². The molecule has 0 unspecified atom stereocenters. The van der Waals surface area contributed by atoms with Crippen LogP contribution >= 0.6 is 0 Å². The normalized spacial score (nSPS) is 13.4. The number of benzene rings is 6. The predicted molar refractivity (Wildman–Crippen MR) is 205 cm³/mol. The standard InChI is InChI=1S/C44H33N5/c1-5-46-42-41(45-4)40(32-21-13-23-35-38(32)31-19-11-12-22-34(31)44(35,2)3)47-48-43(42)49-36-24-14-20-30(27-15-7-6-8-16-27)39(36)33-25-28-17-9-10-18-29(28)26-37(33)49/h5-26H,4H2,1-3H3/b46-5-. The first-order valence-corrected chi connectivity index (χ1v) is 16.6. The molecule has 5 nitrogen and oxygen atoms in total. The predicted octanol–water partition coefficient (Wildman–Crippen LogP) is 11.4. The molecule has 234 valence electrons. The Bertz CT molecular complexity index is 2660. The van der Waals surface area contributed by atoms with Gasteiger partial charge in [0, 0.05) is 28.0 Å². The first kappa shape index (κ1) is 29.0. The second-order valence-electron chi connectivity index (χ2n) is 13.1. The molecule has 8 aromatic rings. The lowest BCUT2D eigenvalue weighted by molar-refractivity contribution is 0.660. The van der Waals surface area contributed by atoms with Gasteiger partial charge in [-0.1, -0.05) is 123 Å². The number of rotatable bonds is 5. The molecule has 0 N–H and O–H groups in total. The van der Waals surface area contributed by atoms with E-state index in [9.17, 15) is 0 Å². The second kappa shape index (κ2) is 10.9. The average molecular weight is 632 g/mol. The fourth-order valence-corrected chi connectivity index (χ4v) is 7.93. The van der Waals surface area contributed by atoms with E-state index in [4.69, 9.17) is 15.2 Å². The molecular weight excluding hydrogens is 599 g/mol. The van der Waals surface area contributed by atoms with Gasteiger partial charge in [-0.05, 0) is 76.0 Å². The number of aliphatic imine (C=N–C) groups is 2. The van der Waals surface area contributed by atoms with Crippen LogP contribution in [0.1, 0.15) is 31.9 Å². The van der Waals surface area contributed by atoms with Gasteiger partial charge in [0.05, 0.1) is 11.0 Å². The van der Waals surface area contributed by atoms with Gasteiger partial charge in [0.2, 0.25) is 0 Å². The molecule has 2 aromatic heterocycles. The third-order valence-corrected chi connectivity index (χ3v) is 10.1. The van der Waals surface area contributed by atoms with Crippen LogP contribution in [0, 0.1) is 0 Å². The van der Waals surface area contributed by atoms with Gasteiger partial charge in [0.15, 0.2) is 5.82 Å². The molecule has 0 saturated carbocycles. The third kappa shape index (κ3) is 4.18. The number of hydrogen-bond donors (Lipinski definition) is 0. The molecule has 0 radical (unpaired) electrons. The van der Waals surface area contributed by atoms with Gasteiger partial charge in [0.1, 0.15) is 17.1 Å². The molecule has 2 heterocycles. The van der Waals surface area contributed by atoms with Crippen LogP contribution in [0.2, 0.25) is 0 Å². The van der Waals surface area contributed by atoms with Crippen molar-refractivity contribution in [3.05, 3.63) is 139 Å². The van der Waals surface area contributed by atoms with E-state index in [1.165, 1.54) is 22.1 Å². The first-order chi connectivity index (χ1) is 24.0. The Labute approximate surface area is 285 Å². The van der Waals surface area contributed by atoms with Crippen LogP contribution in [0.25, 0.3) is 71.9 Å². The summed E-state index contributed by atoms with van der Waals surface area (Å²) < 4.78 is 2.20. The Morgan fingerprint density at radius 1 is 0.653 bits per heavy atom. The van der Waals surface area contributed by atoms with Gasteiger partial charge in [-0.15, -0.1) is 10.2 Å². The summed E-state index contributed by atoms with van der Waals surface area (Å²) in [4.78, 5) is 9.61. The van der Waals surface area contributed by atoms with E-state index in [0.29, 0.717) is 22.9 Å². The minimum atomic E-state index is -0.149. The van der Waals surface area contributed by atoms with Crippen LogP contribution in [0.4, 0.5) is 11.4 Å². The molecule has 0 bridgehead atoms. The van der Waals surface area contributed by atoms with E-state index < -0.39 is 0 Å². The monoisotopic (exact) mass is 631 g/mol. The summed E-state index contributed by atoms with van der Waals surface area (Å²) in [6, 6.07) is 45.1. The largest absolute Gasteiger partial charge is 0.290 e. The van der Waals surface area contributed by atoms with Crippen molar-refractivity contribution < 1.29 is 0 Å². The number of aromatic nitrogens is 3. The van der Waals surface area contributed by atoms with Crippen LogP contribution in [0.3, 0.4) is 0 Å². The van der Waals surface area contributed by atoms with E-state index in [1.807, 2.05) is 6.92 Å². The second-order valence-corrected chi connectivity index (χ2v) is 13.1. The van der Waals surface area contributed by atoms with Gasteiger partial charge in [-0.2, -0.15) is 0 Å². The summed E-state index contributed by atoms with van der Waals surface area (Å²) >= 11 is 0. The Kier molecular flexibility index (Phi) is 6.46. The third-order valence-electron chi connectivity index (χ3n) is 10.1. The van der Waals surface area contributed by atoms with Crippen molar-refractivity contribution in [3.63, 3.8) is 0 Å². The molecule has 0 aliphatic heterocycles. The minimum absolute atomic E-state index is 0.149. The first-order valence-electron chi connectivity index (χ1n) is 16.6. The van der Waals surface area contributed by atoms with Crippen molar-refractivity contribution in [2.45, 2.75) is 26.2 Å². The summed E-state index contributed by atoms with van der Waals surface area (Å²) in [6.07, 6.45) is 1.80. The Morgan fingerprint density at radius 2 is 1.33 bits per heavy atom. The fraction of sp³-hybridized carbons (Fsp3) is 0.0909. The van der Waals surface area contributed by atoms with Crippen LogP contribution in [-0.4, -0.2) is 27.7 Å². The van der Waals surface area contributed by atoms with Gasteiger partial charge in [0.25, 0.3) is 0 Å². The summed E-state index contributed by atoms with van der Waals surface area (Å²) in [7, 11) is 0. The SMILES string of the molecule is C=Nc1c(-c2cccc3c2-c2ccccc2C3(C)C)nnc(-n2c3cc4ccccc4cc3c3c(-c4ccccc4)cccc32)c1/N=C\C. The van der Waals surface area contributed by atoms with Gasteiger partial charge < -0.3 is 0 Å². The highest BCUT2D eigenvalue weighted by atomic mass is 15.2. The fourth-order valence-electron chi connectivity index (χ4n) is 7.93. The highest BCUT2D eigenvalue weighted by Crippen LogP contribution is 2.54. The van der Waals surface area contributed by atoms with Crippen molar-refractivity contribution in [1.29, 1.82) is 0 Å². The molecule has 0 fully saturated rings. The van der Waals surface area contributed by atoms with Crippen LogP contribution in [-0.2, 0) is 5.41 Å². The topological polar surface area (TPSA) is 55.4 Å². The van der Waals surface area contributed by atoms with E-state index in [2.05, 4.69) is 158 Å². The molecule has 0 spiro atoms. The smallest absolute Gasteiger partial charge is 0.188 e. The van der Waals surface area contributed by atoms with Gasteiger partial charge in [-0.25, -0.2) is 0 Å². The molecule has 0 atom stereocenters. The van der Waals surface area contributed by atoms with E-state index in [-0.39, 0.29) is 5.41 Å². The zero-order chi connectivity index (χ0) is 33.3. The molecule has 0 saturated heterocycles. The van der Waals surface area contributed by atoms with Crippen molar-refractivity contribution in [2.24, 2.45) is 9.98 Å². The molecule has 5 heteroatoms.